The summed E-state index contributed by atoms with van der Waals surface area (Å²) in [6.45, 7) is 0.927. The zero-order chi connectivity index (χ0) is 17.8. The van der Waals surface area contributed by atoms with E-state index in [0.29, 0.717) is 0 Å². The molecular formula is C20H24N2O3. The maximum Gasteiger partial charge on any atom is 0.241 e. The van der Waals surface area contributed by atoms with Crippen molar-refractivity contribution in [2.45, 2.75) is 12.5 Å². The molecule has 1 aliphatic rings. The van der Waals surface area contributed by atoms with Gasteiger partial charge in [-0.2, -0.15) is 0 Å². The smallest absolute Gasteiger partial charge is 0.241 e. The molecule has 2 aromatic carbocycles. The second-order valence-electron chi connectivity index (χ2n) is 6.31. The largest absolute Gasteiger partial charge is 0.497 e. The number of methoxy groups -OCH3 is 1. The summed E-state index contributed by atoms with van der Waals surface area (Å²) >= 11 is 0. The molecule has 1 N–H and O–H groups in total. The van der Waals surface area contributed by atoms with E-state index in [0.717, 1.165) is 30.0 Å². The summed E-state index contributed by atoms with van der Waals surface area (Å²) in [5.74, 6) is 0.826. The number of aliphatic hydroxyl groups is 1. The minimum absolute atomic E-state index is 0.0489. The summed E-state index contributed by atoms with van der Waals surface area (Å²) in [5.41, 5.74) is 3.18. The molecule has 0 bridgehead atoms. The van der Waals surface area contributed by atoms with E-state index in [4.69, 9.17) is 4.74 Å². The molecule has 1 atom stereocenters. The molecule has 0 spiro atoms. The zero-order valence-corrected chi connectivity index (χ0v) is 14.7. The Morgan fingerprint density at radius 1 is 1.24 bits per heavy atom. The van der Waals surface area contributed by atoms with E-state index in [1.807, 2.05) is 59.3 Å². The molecule has 0 fully saturated rings. The molecule has 0 saturated carbocycles. The number of fused-ring (bicyclic) bond motifs is 1. The van der Waals surface area contributed by atoms with E-state index in [2.05, 4.69) is 6.07 Å². The first-order chi connectivity index (χ1) is 12.1. The first-order valence-electron chi connectivity index (χ1n) is 8.47. The van der Waals surface area contributed by atoms with Crippen molar-refractivity contribution < 1.29 is 14.6 Å². The number of nitrogens with zero attached hydrogens (tertiary/aromatic N) is 2. The number of anilines is 1. The number of likely N-dealkylation sites (N-methyl/N-ethyl adjacent to an activating group) is 1. The molecule has 3 rings (SSSR count). The van der Waals surface area contributed by atoms with Gasteiger partial charge in [-0.05, 0) is 42.8 Å². The molecule has 1 unspecified atom stereocenters. The minimum Gasteiger partial charge on any atom is -0.497 e. The van der Waals surface area contributed by atoms with Gasteiger partial charge in [-0.25, -0.2) is 0 Å². The minimum atomic E-state index is -0.229. The number of carbonyl (C=O) groups is 1. The van der Waals surface area contributed by atoms with Crippen LogP contribution in [0, 0.1) is 0 Å². The summed E-state index contributed by atoms with van der Waals surface area (Å²) in [6.07, 6.45) is 0.896. The molecule has 5 nitrogen and oxygen atoms in total. The van der Waals surface area contributed by atoms with Crippen molar-refractivity contribution in [1.29, 1.82) is 0 Å². The van der Waals surface area contributed by atoms with Gasteiger partial charge in [-0.3, -0.25) is 9.69 Å². The van der Waals surface area contributed by atoms with Crippen LogP contribution in [0.25, 0.3) is 0 Å². The van der Waals surface area contributed by atoms with Crippen LogP contribution in [0.3, 0.4) is 0 Å². The number of hydrogen-bond donors (Lipinski definition) is 1. The van der Waals surface area contributed by atoms with E-state index in [1.54, 1.807) is 7.11 Å². The molecule has 5 heteroatoms. The lowest BCUT2D eigenvalue weighted by molar-refractivity contribution is -0.120. The van der Waals surface area contributed by atoms with Crippen LogP contribution in [0.2, 0.25) is 0 Å². The van der Waals surface area contributed by atoms with Gasteiger partial charge in [0.05, 0.1) is 26.3 Å². The van der Waals surface area contributed by atoms with Gasteiger partial charge >= 0.3 is 0 Å². The van der Waals surface area contributed by atoms with E-state index < -0.39 is 0 Å². The van der Waals surface area contributed by atoms with Crippen molar-refractivity contribution in [2.24, 2.45) is 0 Å². The SMILES string of the molecule is COc1ccc(C(CO)N(C)CC(=O)N2CCc3ccccc32)cc1. The van der Waals surface area contributed by atoms with E-state index in [1.165, 1.54) is 5.56 Å². The van der Waals surface area contributed by atoms with Gasteiger partial charge in [0, 0.05) is 12.2 Å². The number of carbonyl (C=O) groups excluding carboxylic acids is 1. The van der Waals surface area contributed by atoms with Crippen LogP contribution in [-0.4, -0.2) is 49.8 Å². The molecule has 1 amide bonds. The molecule has 2 aromatic rings. The van der Waals surface area contributed by atoms with Crippen molar-refractivity contribution in [3.63, 3.8) is 0 Å². The Morgan fingerprint density at radius 3 is 2.64 bits per heavy atom. The van der Waals surface area contributed by atoms with Crippen molar-refractivity contribution in [3.05, 3.63) is 59.7 Å². The van der Waals surface area contributed by atoms with E-state index >= 15 is 0 Å². The average Bonchev–Trinajstić information content (AvgIpc) is 3.07. The number of rotatable bonds is 6. The Bertz CT molecular complexity index is 730. The highest BCUT2D eigenvalue weighted by Gasteiger charge is 2.26. The third kappa shape index (κ3) is 3.67. The Labute approximate surface area is 148 Å². The summed E-state index contributed by atoms with van der Waals surface area (Å²) < 4.78 is 5.17. The number of aliphatic hydroxyl groups excluding tert-OH is 1. The maximum absolute atomic E-state index is 12.8. The monoisotopic (exact) mass is 340 g/mol. The first-order valence-corrected chi connectivity index (χ1v) is 8.47. The van der Waals surface area contributed by atoms with Crippen molar-refractivity contribution >= 4 is 11.6 Å². The molecule has 1 heterocycles. The fourth-order valence-electron chi connectivity index (χ4n) is 3.33. The maximum atomic E-state index is 12.8. The van der Waals surface area contributed by atoms with Crippen LogP contribution < -0.4 is 9.64 Å². The molecule has 1 aliphatic heterocycles. The van der Waals surface area contributed by atoms with Crippen LogP contribution >= 0.6 is 0 Å². The summed E-state index contributed by atoms with van der Waals surface area (Å²) in [6, 6.07) is 15.4. The van der Waals surface area contributed by atoms with Crippen molar-refractivity contribution in [3.8, 4) is 5.75 Å². The summed E-state index contributed by atoms with van der Waals surface area (Å²) in [7, 11) is 3.49. The Hall–Kier alpha value is -2.37. The normalized spacial score (nSPS) is 14.5. The van der Waals surface area contributed by atoms with Crippen LogP contribution in [0.15, 0.2) is 48.5 Å². The third-order valence-electron chi connectivity index (χ3n) is 4.78. The highest BCUT2D eigenvalue weighted by atomic mass is 16.5. The van der Waals surface area contributed by atoms with Gasteiger partial charge in [0.15, 0.2) is 0 Å². The summed E-state index contributed by atoms with van der Waals surface area (Å²) in [4.78, 5) is 16.5. The van der Waals surface area contributed by atoms with Crippen molar-refractivity contribution in [1.82, 2.24) is 4.90 Å². The number of para-hydroxylation sites is 1. The van der Waals surface area contributed by atoms with Gasteiger partial charge in [-0.1, -0.05) is 30.3 Å². The highest BCUT2D eigenvalue weighted by Crippen LogP contribution is 2.28. The van der Waals surface area contributed by atoms with E-state index in [9.17, 15) is 9.90 Å². The number of ether oxygens (including phenoxy) is 1. The molecule has 0 aromatic heterocycles. The number of amides is 1. The summed E-state index contributed by atoms with van der Waals surface area (Å²) in [5, 5.41) is 9.81. The second kappa shape index (κ2) is 7.68. The fraction of sp³-hybridized carbons (Fsp3) is 0.350. The molecule has 0 radical (unpaired) electrons. The molecule has 0 aliphatic carbocycles. The van der Waals surface area contributed by atoms with Crippen LogP contribution in [0.5, 0.6) is 5.75 Å². The fourth-order valence-corrected chi connectivity index (χ4v) is 3.33. The standard InChI is InChI=1S/C20H24N2O3/c1-21(19(14-23)16-7-9-17(25-2)10-8-16)13-20(24)22-12-11-15-5-3-4-6-18(15)22/h3-10,19,23H,11-14H2,1-2H3. The van der Waals surface area contributed by atoms with Gasteiger partial charge in [0.25, 0.3) is 0 Å². The highest BCUT2D eigenvalue weighted by molar-refractivity contribution is 5.96. The molecule has 132 valence electrons. The lowest BCUT2D eigenvalue weighted by Gasteiger charge is -2.28. The second-order valence-corrected chi connectivity index (χ2v) is 6.31. The quantitative estimate of drug-likeness (QED) is 0.876. The molecule has 25 heavy (non-hydrogen) atoms. The van der Waals surface area contributed by atoms with Gasteiger partial charge in [0.2, 0.25) is 5.91 Å². The first kappa shape index (κ1) is 17.5. The molecular weight excluding hydrogens is 316 g/mol. The third-order valence-corrected chi connectivity index (χ3v) is 4.78. The van der Waals surface area contributed by atoms with Gasteiger partial charge < -0.3 is 14.7 Å². The number of benzene rings is 2. The lowest BCUT2D eigenvalue weighted by atomic mass is 10.1. The predicted octanol–water partition coefficient (Wildman–Crippen LogP) is 2.25. The lowest BCUT2D eigenvalue weighted by Crippen LogP contribution is -2.40. The van der Waals surface area contributed by atoms with Crippen LogP contribution in [0.1, 0.15) is 17.2 Å². The zero-order valence-electron chi connectivity index (χ0n) is 14.7. The number of hydrogen-bond acceptors (Lipinski definition) is 4. The van der Waals surface area contributed by atoms with E-state index in [-0.39, 0.29) is 25.1 Å². The van der Waals surface area contributed by atoms with Crippen molar-refractivity contribution in [2.75, 3.05) is 38.8 Å². The Kier molecular flexibility index (Phi) is 5.36. The topological polar surface area (TPSA) is 53.0 Å². The average molecular weight is 340 g/mol. The predicted molar refractivity (Wildman–Crippen MR) is 97.9 cm³/mol. The van der Waals surface area contributed by atoms with Crippen LogP contribution in [-0.2, 0) is 11.2 Å². The van der Waals surface area contributed by atoms with Crippen LogP contribution in [0.4, 0.5) is 5.69 Å². The van der Waals surface area contributed by atoms with Gasteiger partial charge in [0.1, 0.15) is 5.75 Å². The van der Waals surface area contributed by atoms with Gasteiger partial charge in [-0.15, -0.1) is 0 Å². The Balaban J connectivity index is 1.69. The Morgan fingerprint density at radius 2 is 1.96 bits per heavy atom. The molecule has 0 saturated heterocycles.